The fraction of sp³-hybridized carbons (Fsp3) is 0.450. The Bertz CT molecular complexity index is 767. The van der Waals surface area contributed by atoms with E-state index in [9.17, 15) is 9.90 Å². The third kappa shape index (κ3) is 2.68. The summed E-state index contributed by atoms with van der Waals surface area (Å²) in [7, 11) is 0. The Kier molecular flexibility index (Phi) is 4.19. The predicted molar refractivity (Wildman–Crippen MR) is 97.5 cm³/mol. The number of thiophene rings is 1. The number of carbonyl (C=O) groups excluding carboxylic acids is 1. The molecule has 1 aliphatic carbocycles. The molecule has 1 N–H and O–H groups in total. The second-order valence-electron chi connectivity index (χ2n) is 7.05. The highest BCUT2D eigenvalue weighted by molar-refractivity contribution is 7.17. The van der Waals surface area contributed by atoms with E-state index in [2.05, 4.69) is 37.3 Å². The van der Waals surface area contributed by atoms with E-state index in [1.54, 1.807) is 11.3 Å². The summed E-state index contributed by atoms with van der Waals surface area (Å²) in [5, 5.41) is 9.45. The van der Waals surface area contributed by atoms with Crippen LogP contribution < -0.4 is 0 Å². The minimum Gasteiger partial charge on any atom is -0.396 e. The molecule has 2 heterocycles. The molecule has 2 aliphatic rings. The third-order valence-corrected chi connectivity index (χ3v) is 6.64. The highest BCUT2D eigenvalue weighted by Gasteiger charge is 2.31. The van der Waals surface area contributed by atoms with Crippen molar-refractivity contribution in [1.29, 1.82) is 0 Å². The molecule has 2 unspecified atom stereocenters. The number of amides is 1. The maximum Gasteiger partial charge on any atom is 0.264 e. The maximum atomic E-state index is 13.1. The Balaban J connectivity index is 1.64. The van der Waals surface area contributed by atoms with Crippen LogP contribution in [0.25, 0.3) is 10.4 Å². The van der Waals surface area contributed by atoms with Gasteiger partial charge >= 0.3 is 0 Å². The van der Waals surface area contributed by atoms with Crippen molar-refractivity contribution >= 4 is 17.2 Å². The lowest BCUT2D eigenvalue weighted by atomic mass is 9.91. The Morgan fingerprint density at radius 3 is 2.88 bits per heavy atom. The van der Waals surface area contributed by atoms with Gasteiger partial charge in [0.05, 0.1) is 4.88 Å². The van der Waals surface area contributed by atoms with Gasteiger partial charge in [-0.25, -0.2) is 0 Å². The normalized spacial score (nSPS) is 22.8. The lowest BCUT2D eigenvalue weighted by Crippen LogP contribution is -2.46. The summed E-state index contributed by atoms with van der Waals surface area (Å²) in [5.41, 5.74) is 3.99. The number of rotatable bonds is 2. The van der Waals surface area contributed by atoms with Crippen molar-refractivity contribution in [2.45, 2.75) is 38.6 Å². The summed E-state index contributed by atoms with van der Waals surface area (Å²) < 4.78 is 0. The molecule has 24 heavy (non-hydrogen) atoms. The molecule has 1 amide bonds. The van der Waals surface area contributed by atoms with E-state index >= 15 is 0 Å². The molecule has 1 saturated heterocycles. The van der Waals surface area contributed by atoms with Gasteiger partial charge in [0, 0.05) is 24.1 Å². The average Bonchev–Trinajstić information content (AvgIpc) is 3.06. The molecule has 3 nitrogen and oxygen atoms in total. The number of fused-ring (bicyclic) bond motifs is 3. The zero-order valence-corrected chi connectivity index (χ0v) is 14.8. The lowest BCUT2D eigenvalue weighted by molar-refractivity contribution is 0.0493. The SMILES string of the molecule is CC1CCC(CO)CN1C(=O)c1cc2c(s1)-c1ccccc1CC2. The summed E-state index contributed by atoms with van der Waals surface area (Å²) in [5.74, 6) is 0.359. The van der Waals surface area contributed by atoms with E-state index in [0.29, 0.717) is 6.54 Å². The summed E-state index contributed by atoms with van der Waals surface area (Å²) in [6.07, 6.45) is 4.06. The van der Waals surface area contributed by atoms with Crippen LogP contribution in [-0.4, -0.2) is 35.1 Å². The standard InChI is InChI=1S/C20H23NO2S/c1-13-6-7-14(12-22)11-21(13)20(23)18-10-16-9-8-15-4-2-3-5-17(15)19(16)24-18/h2-5,10,13-14,22H,6-9,11-12H2,1H3. The monoisotopic (exact) mass is 341 g/mol. The van der Waals surface area contributed by atoms with Crippen LogP contribution in [0.4, 0.5) is 0 Å². The number of aliphatic hydroxyl groups is 1. The summed E-state index contributed by atoms with van der Waals surface area (Å²) >= 11 is 1.64. The van der Waals surface area contributed by atoms with E-state index in [0.717, 1.165) is 30.6 Å². The molecular formula is C20H23NO2S. The van der Waals surface area contributed by atoms with Gasteiger partial charge in [0.15, 0.2) is 0 Å². The minimum absolute atomic E-state index is 0.137. The van der Waals surface area contributed by atoms with Gasteiger partial charge in [0.25, 0.3) is 5.91 Å². The molecule has 0 saturated carbocycles. The molecule has 0 radical (unpaired) electrons. The van der Waals surface area contributed by atoms with E-state index in [-0.39, 0.29) is 24.5 Å². The Morgan fingerprint density at radius 2 is 2.04 bits per heavy atom. The number of nitrogens with zero attached hydrogens (tertiary/aromatic N) is 1. The molecule has 2 aromatic rings. The largest absolute Gasteiger partial charge is 0.396 e. The first kappa shape index (κ1) is 15.9. The number of hydrogen-bond acceptors (Lipinski definition) is 3. The first-order chi connectivity index (χ1) is 11.7. The van der Waals surface area contributed by atoms with Crippen molar-refractivity contribution in [2.24, 2.45) is 5.92 Å². The van der Waals surface area contributed by atoms with Crippen molar-refractivity contribution < 1.29 is 9.90 Å². The second kappa shape index (κ2) is 6.34. The van der Waals surface area contributed by atoms with Crippen LogP contribution in [-0.2, 0) is 12.8 Å². The van der Waals surface area contributed by atoms with Gasteiger partial charge in [-0.1, -0.05) is 24.3 Å². The number of aryl methyl sites for hydroxylation is 2. The van der Waals surface area contributed by atoms with Crippen molar-refractivity contribution in [3.05, 3.63) is 46.3 Å². The average molecular weight is 341 g/mol. The number of benzene rings is 1. The molecule has 0 spiro atoms. The number of likely N-dealkylation sites (tertiary alicyclic amines) is 1. The topological polar surface area (TPSA) is 40.5 Å². The first-order valence-corrected chi connectivity index (χ1v) is 9.62. The van der Waals surface area contributed by atoms with Crippen LogP contribution in [0.3, 0.4) is 0 Å². The fourth-order valence-electron chi connectivity index (χ4n) is 3.93. The Morgan fingerprint density at radius 1 is 1.25 bits per heavy atom. The van der Waals surface area contributed by atoms with Crippen molar-refractivity contribution in [1.82, 2.24) is 4.90 Å². The van der Waals surface area contributed by atoms with Gasteiger partial charge in [-0.2, -0.15) is 0 Å². The first-order valence-electron chi connectivity index (χ1n) is 8.80. The van der Waals surface area contributed by atoms with Gasteiger partial charge in [-0.05, 0) is 61.3 Å². The smallest absolute Gasteiger partial charge is 0.264 e. The van der Waals surface area contributed by atoms with Gasteiger partial charge in [0.1, 0.15) is 0 Å². The van der Waals surface area contributed by atoms with Gasteiger partial charge in [-0.15, -0.1) is 11.3 Å². The van der Waals surface area contributed by atoms with Crippen LogP contribution in [0.5, 0.6) is 0 Å². The predicted octanol–water partition coefficient (Wildman–Crippen LogP) is 3.75. The van der Waals surface area contributed by atoms with E-state index in [1.165, 1.54) is 21.6 Å². The number of carbonyl (C=O) groups is 1. The van der Waals surface area contributed by atoms with Crippen LogP contribution in [0.2, 0.25) is 0 Å². The quantitative estimate of drug-likeness (QED) is 0.904. The highest BCUT2D eigenvalue weighted by Crippen LogP contribution is 2.40. The molecule has 1 aliphatic heterocycles. The van der Waals surface area contributed by atoms with Gasteiger partial charge in [-0.3, -0.25) is 4.79 Å². The number of aliphatic hydroxyl groups excluding tert-OH is 1. The zero-order chi connectivity index (χ0) is 16.7. The van der Waals surface area contributed by atoms with Crippen molar-refractivity contribution in [3.8, 4) is 10.4 Å². The van der Waals surface area contributed by atoms with E-state index in [1.807, 2.05) is 4.90 Å². The molecule has 2 atom stereocenters. The molecule has 1 fully saturated rings. The molecular weight excluding hydrogens is 318 g/mol. The van der Waals surface area contributed by atoms with E-state index < -0.39 is 0 Å². The van der Waals surface area contributed by atoms with Gasteiger partial charge < -0.3 is 10.0 Å². The summed E-state index contributed by atoms with van der Waals surface area (Å²) in [6, 6.07) is 10.9. The van der Waals surface area contributed by atoms with Crippen molar-refractivity contribution in [3.63, 3.8) is 0 Å². The molecule has 126 valence electrons. The summed E-state index contributed by atoms with van der Waals surface area (Å²) in [6.45, 7) is 2.97. The van der Waals surface area contributed by atoms with Crippen LogP contribution >= 0.6 is 11.3 Å². The lowest BCUT2D eigenvalue weighted by Gasteiger charge is -2.37. The summed E-state index contributed by atoms with van der Waals surface area (Å²) in [4.78, 5) is 17.1. The minimum atomic E-state index is 0.137. The fourth-order valence-corrected chi connectivity index (χ4v) is 5.16. The van der Waals surface area contributed by atoms with Crippen LogP contribution in [0.15, 0.2) is 30.3 Å². The van der Waals surface area contributed by atoms with E-state index in [4.69, 9.17) is 0 Å². The maximum absolute atomic E-state index is 13.1. The molecule has 4 heteroatoms. The third-order valence-electron chi connectivity index (χ3n) is 5.44. The van der Waals surface area contributed by atoms with Crippen molar-refractivity contribution in [2.75, 3.05) is 13.2 Å². The van der Waals surface area contributed by atoms with Gasteiger partial charge in [0.2, 0.25) is 0 Å². The molecule has 0 bridgehead atoms. The second-order valence-corrected chi connectivity index (χ2v) is 8.11. The van der Waals surface area contributed by atoms with Crippen LogP contribution in [0.1, 0.15) is 40.6 Å². The number of piperidine rings is 1. The Hall–Kier alpha value is -1.65. The molecule has 4 rings (SSSR count). The zero-order valence-electron chi connectivity index (χ0n) is 14.0. The molecule has 1 aromatic heterocycles. The highest BCUT2D eigenvalue weighted by atomic mass is 32.1. The van der Waals surface area contributed by atoms with Crippen LogP contribution in [0, 0.1) is 5.92 Å². The molecule has 1 aromatic carbocycles. The Labute approximate surface area is 146 Å². The number of hydrogen-bond donors (Lipinski definition) is 1.